The molecule has 0 saturated carbocycles. The fraction of sp³-hybridized carbons (Fsp3) is 0.333. The van der Waals surface area contributed by atoms with Crippen LogP contribution in [0.25, 0.3) is 10.9 Å². The molecule has 1 atom stereocenters. The van der Waals surface area contributed by atoms with E-state index in [2.05, 4.69) is 16.4 Å². The Bertz CT molecular complexity index is 627. The van der Waals surface area contributed by atoms with E-state index >= 15 is 0 Å². The predicted molar refractivity (Wildman–Crippen MR) is 73.0 cm³/mol. The van der Waals surface area contributed by atoms with Crippen molar-refractivity contribution in [2.75, 3.05) is 13.1 Å². The monoisotopic (exact) mass is 253 g/mol. The molecule has 1 aromatic carbocycles. The second-order valence-electron chi connectivity index (χ2n) is 4.72. The van der Waals surface area contributed by atoms with Crippen LogP contribution in [0.2, 0.25) is 0 Å². The molecule has 1 fully saturated rings. The van der Waals surface area contributed by atoms with Crippen molar-refractivity contribution in [1.29, 1.82) is 5.26 Å². The number of aromatic nitrogens is 1. The van der Waals surface area contributed by atoms with Gasteiger partial charge in [-0.3, -0.25) is 0 Å². The van der Waals surface area contributed by atoms with Gasteiger partial charge in [0.25, 0.3) is 0 Å². The molecule has 1 saturated heterocycles. The first-order valence-corrected chi connectivity index (χ1v) is 6.54. The number of hydrogen-bond donors (Lipinski definition) is 1. The van der Waals surface area contributed by atoms with Gasteiger partial charge in [-0.15, -0.1) is 0 Å². The smallest absolute Gasteiger partial charge is 0.215 e. The zero-order chi connectivity index (χ0) is 13.1. The standard InChI is InChI=1S/C15H15N3O/c16-9-11-8-15(19-12-4-3-7-17-10-12)18-14-6-2-1-5-13(11)14/h1-2,5-6,8,12,17H,3-4,7,10H2. The third-order valence-corrected chi connectivity index (χ3v) is 3.35. The molecule has 19 heavy (non-hydrogen) atoms. The van der Waals surface area contributed by atoms with E-state index in [4.69, 9.17) is 4.74 Å². The van der Waals surface area contributed by atoms with Crippen LogP contribution in [-0.2, 0) is 0 Å². The first kappa shape index (κ1) is 11.9. The molecule has 0 spiro atoms. The SMILES string of the molecule is N#Cc1cc(OC2CCCNC2)nc2ccccc12. The van der Waals surface area contributed by atoms with Crippen LogP contribution < -0.4 is 10.1 Å². The van der Waals surface area contributed by atoms with Crippen molar-refractivity contribution in [2.45, 2.75) is 18.9 Å². The van der Waals surface area contributed by atoms with Gasteiger partial charge in [0, 0.05) is 18.0 Å². The summed E-state index contributed by atoms with van der Waals surface area (Å²) in [5.74, 6) is 0.545. The molecule has 4 heteroatoms. The third-order valence-electron chi connectivity index (χ3n) is 3.35. The highest BCUT2D eigenvalue weighted by molar-refractivity contribution is 5.85. The summed E-state index contributed by atoms with van der Waals surface area (Å²) in [7, 11) is 0. The number of para-hydroxylation sites is 1. The Morgan fingerprint density at radius 1 is 1.37 bits per heavy atom. The molecule has 2 heterocycles. The van der Waals surface area contributed by atoms with Crippen molar-refractivity contribution in [2.24, 2.45) is 0 Å². The van der Waals surface area contributed by atoms with Crippen LogP contribution in [0, 0.1) is 11.3 Å². The van der Waals surface area contributed by atoms with Crippen molar-refractivity contribution in [3.8, 4) is 11.9 Å². The molecule has 0 radical (unpaired) electrons. The molecule has 1 aliphatic heterocycles. The van der Waals surface area contributed by atoms with Crippen LogP contribution in [-0.4, -0.2) is 24.2 Å². The number of fused-ring (bicyclic) bond motifs is 1. The number of piperidine rings is 1. The molecule has 1 aliphatic rings. The number of nitrogens with zero attached hydrogens (tertiary/aromatic N) is 2. The highest BCUT2D eigenvalue weighted by Crippen LogP contribution is 2.22. The van der Waals surface area contributed by atoms with Gasteiger partial charge in [-0.25, -0.2) is 4.98 Å². The van der Waals surface area contributed by atoms with Gasteiger partial charge in [0.2, 0.25) is 5.88 Å². The lowest BCUT2D eigenvalue weighted by molar-refractivity contribution is 0.161. The Morgan fingerprint density at radius 3 is 3.05 bits per heavy atom. The average molecular weight is 253 g/mol. The molecule has 0 bridgehead atoms. The van der Waals surface area contributed by atoms with E-state index in [1.807, 2.05) is 24.3 Å². The van der Waals surface area contributed by atoms with Crippen LogP contribution in [0.4, 0.5) is 0 Å². The molecule has 96 valence electrons. The number of nitrogens with one attached hydrogen (secondary N) is 1. The summed E-state index contributed by atoms with van der Waals surface area (Å²) < 4.78 is 5.88. The van der Waals surface area contributed by atoms with Crippen molar-refractivity contribution < 1.29 is 4.74 Å². The topological polar surface area (TPSA) is 57.9 Å². The quantitative estimate of drug-likeness (QED) is 0.891. The first-order valence-electron chi connectivity index (χ1n) is 6.54. The molecule has 1 unspecified atom stereocenters. The average Bonchev–Trinajstić information content (AvgIpc) is 2.47. The van der Waals surface area contributed by atoms with Crippen LogP contribution in [0.15, 0.2) is 30.3 Å². The number of benzene rings is 1. The van der Waals surface area contributed by atoms with Gasteiger partial charge < -0.3 is 10.1 Å². The molecule has 4 nitrogen and oxygen atoms in total. The maximum Gasteiger partial charge on any atom is 0.215 e. The van der Waals surface area contributed by atoms with Crippen LogP contribution in [0.5, 0.6) is 5.88 Å². The van der Waals surface area contributed by atoms with Gasteiger partial charge in [-0.1, -0.05) is 18.2 Å². The third kappa shape index (κ3) is 2.51. The fourth-order valence-electron chi connectivity index (χ4n) is 2.40. The van der Waals surface area contributed by atoms with Crippen LogP contribution in [0.3, 0.4) is 0 Å². The summed E-state index contributed by atoms with van der Waals surface area (Å²) in [6, 6.07) is 11.6. The van der Waals surface area contributed by atoms with Gasteiger partial charge in [0.15, 0.2) is 0 Å². The zero-order valence-electron chi connectivity index (χ0n) is 10.6. The predicted octanol–water partition coefficient (Wildman–Crippen LogP) is 2.24. The molecule has 0 aliphatic carbocycles. The minimum atomic E-state index is 0.147. The minimum absolute atomic E-state index is 0.147. The van der Waals surface area contributed by atoms with E-state index in [0.717, 1.165) is 36.8 Å². The Hall–Kier alpha value is -2.12. The summed E-state index contributed by atoms with van der Waals surface area (Å²) in [6.07, 6.45) is 2.29. The second-order valence-corrected chi connectivity index (χ2v) is 4.72. The lowest BCUT2D eigenvalue weighted by atomic mass is 10.1. The van der Waals surface area contributed by atoms with Crippen molar-refractivity contribution in [3.63, 3.8) is 0 Å². The Balaban J connectivity index is 1.93. The summed E-state index contributed by atoms with van der Waals surface area (Å²) in [5, 5.41) is 13.4. The number of ether oxygens (including phenoxy) is 1. The lowest BCUT2D eigenvalue weighted by Gasteiger charge is -2.23. The van der Waals surface area contributed by atoms with E-state index in [-0.39, 0.29) is 6.10 Å². The highest BCUT2D eigenvalue weighted by atomic mass is 16.5. The fourth-order valence-corrected chi connectivity index (χ4v) is 2.40. The van der Waals surface area contributed by atoms with E-state index < -0.39 is 0 Å². The number of nitriles is 1. The number of pyridine rings is 1. The summed E-state index contributed by atoms with van der Waals surface area (Å²) in [5.41, 5.74) is 1.42. The van der Waals surface area contributed by atoms with E-state index in [9.17, 15) is 5.26 Å². The van der Waals surface area contributed by atoms with E-state index in [1.165, 1.54) is 0 Å². The van der Waals surface area contributed by atoms with Crippen molar-refractivity contribution >= 4 is 10.9 Å². The Kier molecular flexibility index (Phi) is 3.30. The Labute approximate surface area is 112 Å². The molecule has 2 aromatic rings. The molecule has 3 rings (SSSR count). The number of rotatable bonds is 2. The highest BCUT2D eigenvalue weighted by Gasteiger charge is 2.16. The zero-order valence-corrected chi connectivity index (χ0v) is 10.6. The van der Waals surface area contributed by atoms with Crippen LogP contribution in [0.1, 0.15) is 18.4 Å². The van der Waals surface area contributed by atoms with E-state index in [0.29, 0.717) is 11.4 Å². The van der Waals surface area contributed by atoms with Gasteiger partial charge in [0.1, 0.15) is 12.2 Å². The van der Waals surface area contributed by atoms with Gasteiger partial charge >= 0.3 is 0 Å². The van der Waals surface area contributed by atoms with Gasteiger partial charge in [-0.05, 0) is 25.5 Å². The Morgan fingerprint density at radius 2 is 2.26 bits per heavy atom. The van der Waals surface area contributed by atoms with Gasteiger partial charge in [-0.2, -0.15) is 5.26 Å². The van der Waals surface area contributed by atoms with Crippen molar-refractivity contribution in [1.82, 2.24) is 10.3 Å². The maximum atomic E-state index is 9.22. The molecular formula is C15H15N3O. The largest absolute Gasteiger partial charge is 0.473 e. The molecular weight excluding hydrogens is 238 g/mol. The van der Waals surface area contributed by atoms with E-state index in [1.54, 1.807) is 6.07 Å². The molecule has 0 amide bonds. The summed E-state index contributed by atoms with van der Waals surface area (Å²) >= 11 is 0. The number of hydrogen-bond acceptors (Lipinski definition) is 4. The normalized spacial score (nSPS) is 19.0. The summed E-state index contributed by atoms with van der Waals surface area (Å²) in [6.45, 7) is 1.89. The summed E-state index contributed by atoms with van der Waals surface area (Å²) in [4.78, 5) is 4.48. The second kappa shape index (κ2) is 5.25. The lowest BCUT2D eigenvalue weighted by Crippen LogP contribution is -2.37. The maximum absolute atomic E-state index is 9.22. The van der Waals surface area contributed by atoms with Crippen molar-refractivity contribution in [3.05, 3.63) is 35.9 Å². The van der Waals surface area contributed by atoms with Gasteiger partial charge in [0.05, 0.1) is 11.1 Å². The molecule has 1 aromatic heterocycles. The minimum Gasteiger partial charge on any atom is -0.473 e. The molecule has 1 N–H and O–H groups in total. The first-order chi connectivity index (χ1) is 9.36. The van der Waals surface area contributed by atoms with Crippen LogP contribution >= 0.6 is 0 Å².